The Hall–Kier alpha value is -1.14. The quantitative estimate of drug-likeness (QED) is 0.401. The molecule has 2 nitrogen and oxygen atoms in total. The minimum atomic E-state index is -4.97. The van der Waals surface area contributed by atoms with E-state index in [1.54, 1.807) is 0 Å². The molecule has 7 heteroatoms. The molecule has 1 aliphatic rings. The van der Waals surface area contributed by atoms with Crippen molar-refractivity contribution in [3.8, 4) is 0 Å². The van der Waals surface area contributed by atoms with Crippen molar-refractivity contribution in [1.29, 1.82) is 0 Å². The highest BCUT2D eigenvalue weighted by molar-refractivity contribution is 5.87. The van der Waals surface area contributed by atoms with Crippen molar-refractivity contribution in [3.05, 3.63) is 12.2 Å². The van der Waals surface area contributed by atoms with E-state index in [2.05, 4.69) is 11.3 Å². The maximum atomic E-state index is 12.7. The molecule has 1 fully saturated rings. The number of hydrogen-bond acceptors (Lipinski definition) is 2. The van der Waals surface area contributed by atoms with E-state index >= 15 is 0 Å². The summed E-state index contributed by atoms with van der Waals surface area (Å²) in [6.45, 7) is 3.95. The third-order valence-corrected chi connectivity index (χ3v) is 1.72. The van der Waals surface area contributed by atoms with Crippen LogP contribution >= 0.6 is 0 Å². The van der Waals surface area contributed by atoms with Crippen LogP contribution in [0.25, 0.3) is 0 Å². The van der Waals surface area contributed by atoms with Gasteiger partial charge < -0.3 is 4.74 Å². The summed E-state index contributed by atoms with van der Waals surface area (Å²) < 4.78 is 64.6. The lowest BCUT2D eigenvalue weighted by Gasteiger charge is -2.06. The average Bonchev–Trinajstić information content (AvgIpc) is 2.29. The number of ether oxygens (including phenoxy) is 1. The normalized spacial score (nSPS) is 25.3. The molecule has 0 aromatic carbocycles. The van der Waals surface area contributed by atoms with Crippen LogP contribution in [0.5, 0.6) is 0 Å². The number of esters is 1. The molecule has 0 heterocycles. The number of rotatable bonds is 2. The lowest BCUT2D eigenvalue weighted by Crippen LogP contribution is -2.23. The predicted molar refractivity (Wildman–Crippen MR) is 34.6 cm³/mol. The average molecular weight is 216 g/mol. The van der Waals surface area contributed by atoms with E-state index in [0.717, 1.165) is 6.92 Å². The molecule has 0 aromatic rings. The molecule has 0 saturated heterocycles. The smallest absolute Gasteiger partial charge is 0.392 e. The predicted octanol–water partition coefficient (Wildman–Crippen LogP) is 2.06. The summed E-state index contributed by atoms with van der Waals surface area (Å²) in [6.07, 6.45) is 0. The summed E-state index contributed by atoms with van der Waals surface area (Å²) in [4.78, 5) is 10.5. The number of carbonyl (C=O) groups excluding carboxylic acids is 1. The molecule has 0 aliphatic heterocycles. The highest BCUT2D eigenvalue weighted by Crippen LogP contribution is 2.68. The van der Waals surface area contributed by atoms with Crippen LogP contribution in [0.2, 0.25) is 0 Å². The van der Waals surface area contributed by atoms with Gasteiger partial charge >= 0.3 is 23.7 Å². The molecule has 0 N–H and O–H groups in total. The van der Waals surface area contributed by atoms with Gasteiger partial charge in [-0.3, -0.25) is 0 Å². The van der Waals surface area contributed by atoms with Crippen LogP contribution in [0.15, 0.2) is 12.2 Å². The van der Waals surface area contributed by atoms with Crippen molar-refractivity contribution < 1.29 is 31.5 Å². The van der Waals surface area contributed by atoms with E-state index in [9.17, 15) is 26.7 Å². The van der Waals surface area contributed by atoms with Crippen LogP contribution in [0, 0.1) is 0 Å². The van der Waals surface area contributed by atoms with E-state index in [1.807, 2.05) is 0 Å². The van der Waals surface area contributed by atoms with Crippen LogP contribution in [0.3, 0.4) is 0 Å². The Kier molecular flexibility index (Phi) is 1.92. The first-order valence-corrected chi connectivity index (χ1v) is 3.41. The Morgan fingerprint density at radius 3 is 1.71 bits per heavy atom. The Bertz CT molecular complexity index is 295. The highest BCUT2D eigenvalue weighted by Gasteiger charge is 3.03. The third kappa shape index (κ3) is 0.978. The topological polar surface area (TPSA) is 26.3 Å². The van der Waals surface area contributed by atoms with E-state index in [0.29, 0.717) is 0 Å². The molecule has 1 saturated carbocycles. The van der Waals surface area contributed by atoms with E-state index in [1.165, 1.54) is 0 Å². The molecule has 0 spiro atoms. The Morgan fingerprint density at radius 1 is 1.14 bits per heavy atom. The van der Waals surface area contributed by atoms with Gasteiger partial charge in [0.2, 0.25) is 0 Å². The molecular formula is C7H5F5O2. The van der Waals surface area contributed by atoms with Crippen LogP contribution < -0.4 is 0 Å². The molecule has 0 amide bonds. The number of halogens is 5. The van der Waals surface area contributed by atoms with Gasteiger partial charge in [-0.25, -0.2) is 4.79 Å². The number of carbonyl (C=O) groups is 1. The third-order valence-electron chi connectivity index (χ3n) is 1.72. The van der Waals surface area contributed by atoms with E-state index in [-0.39, 0.29) is 0 Å². The van der Waals surface area contributed by atoms with Gasteiger partial charge in [0.1, 0.15) is 0 Å². The fourth-order valence-corrected chi connectivity index (χ4v) is 0.707. The van der Waals surface area contributed by atoms with Crippen molar-refractivity contribution in [1.82, 2.24) is 0 Å². The first kappa shape index (κ1) is 10.9. The Labute approximate surface area is 75.3 Å². The summed E-state index contributed by atoms with van der Waals surface area (Å²) in [5.41, 5.74) is -0.444. The molecule has 0 unspecified atom stereocenters. The second-order valence-corrected chi connectivity index (χ2v) is 2.91. The van der Waals surface area contributed by atoms with Crippen molar-refractivity contribution in [2.75, 3.05) is 0 Å². The second-order valence-electron chi connectivity index (χ2n) is 2.91. The largest absolute Gasteiger partial charge is 0.413 e. The van der Waals surface area contributed by atoms with Gasteiger partial charge in [0.25, 0.3) is 0 Å². The summed E-state index contributed by atoms with van der Waals surface area (Å²) >= 11 is 0. The van der Waals surface area contributed by atoms with Crippen molar-refractivity contribution in [2.45, 2.75) is 24.6 Å². The zero-order valence-corrected chi connectivity index (χ0v) is 6.91. The SMILES string of the molecule is C=C(C)C(=O)OC1(F)C(F)(F)C1(F)F. The molecule has 1 aliphatic carbocycles. The molecule has 1 rings (SSSR count). The van der Waals surface area contributed by atoms with Crippen LogP contribution in [0.4, 0.5) is 22.0 Å². The first-order chi connectivity index (χ1) is 6.08. The van der Waals surface area contributed by atoms with Crippen LogP contribution in [-0.4, -0.2) is 23.7 Å². The zero-order valence-electron chi connectivity index (χ0n) is 6.91. The maximum absolute atomic E-state index is 12.7. The maximum Gasteiger partial charge on any atom is 0.392 e. The minimum absolute atomic E-state index is 0.444. The summed E-state index contributed by atoms with van der Waals surface area (Å²) in [5.74, 6) is -16.1. The lowest BCUT2D eigenvalue weighted by molar-refractivity contribution is -0.178. The fourth-order valence-electron chi connectivity index (χ4n) is 0.707. The van der Waals surface area contributed by atoms with Gasteiger partial charge in [-0.1, -0.05) is 6.58 Å². The van der Waals surface area contributed by atoms with Crippen molar-refractivity contribution in [3.63, 3.8) is 0 Å². The summed E-state index contributed by atoms with van der Waals surface area (Å²) in [6, 6.07) is 0. The molecule has 14 heavy (non-hydrogen) atoms. The zero-order chi connectivity index (χ0) is 11.4. The molecule has 0 bridgehead atoms. The monoisotopic (exact) mass is 216 g/mol. The first-order valence-electron chi connectivity index (χ1n) is 3.41. The van der Waals surface area contributed by atoms with Gasteiger partial charge in [0.05, 0.1) is 0 Å². The van der Waals surface area contributed by atoms with Crippen LogP contribution in [0.1, 0.15) is 6.92 Å². The number of alkyl halides is 5. The summed E-state index contributed by atoms with van der Waals surface area (Å²) in [5, 5.41) is 0. The van der Waals surface area contributed by atoms with E-state index < -0.39 is 29.2 Å². The molecule has 0 radical (unpaired) electrons. The minimum Gasteiger partial charge on any atom is -0.413 e. The fraction of sp³-hybridized carbons (Fsp3) is 0.571. The Balaban J connectivity index is 2.83. The van der Waals surface area contributed by atoms with Gasteiger partial charge in [0, 0.05) is 5.57 Å². The van der Waals surface area contributed by atoms with Crippen molar-refractivity contribution >= 4 is 5.97 Å². The second kappa shape index (κ2) is 2.46. The molecule has 80 valence electrons. The highest BCUT2D eigenvalue weighted by atomic mass is 19.3. The van der Waals surface area contributed by atoms with Gasteiger partial charge in [-0.2, -0.15) is 22.0 Å². The Morgan fingerprint density at radius 2 is 1.50 bits per heavy atom. The van der Waals surface area contributed by atoms with Crippen LogP contribution in [-0.2, 0) is 9.53 Å². The summed E-state index contributed by atoms with van der Waals surface area (Å²) in [7, 11) is 0. The van der Waals surface area contributed by atoms with Crippen molar-refractivity contribution in [2.24, 2.45) is 0 Å². The standard InChI is InChI=1S/C7H5F5O2/c1-3(2)4(13)14-7(12)5(8,9)6(7,10)11/h1H2,2H3. The van der Waals surface area contributed by atoms with Gasteiger partial charge in [-0.05, 0) is 6.92 Å². The van der Waals surface area contributed by atoms with Gasteiger partial charge in [0.15, 0.2) is 0 Å². The lowest BCUT2D eigenvalue weighted by atomic mass is 10.4. The van der Waals surface area contributed by atoms with E-state index in [4.69, 9.17) is 0 Å². The number of hydrogen-bond donors (Lipinski definition) is 0. The molecular weight excluding hydrogens is 211 g/mol. The van der Waals surface area contributed by atoms with Gasteiger partial charge in [-0.15, -0.1) is 0 Å². The molecule has 0 atom stereocenters. The molecule has 0 aromatic heterocycles.